The van der Waals surface area contributed by atoms with Crippen LogP contribution in [-0.4, -0.2) is 22.5 Å². The molecule has 0 aliphatic carbocycles. The molecule has 0 bridgehead atoms. The van der Waals surface area contributed by atoms with E-state index in [4.69, 9.17) is 44.8 Å². The number of nitrogens with one attached hydrogen (secondary N) is 1. The Balaban J connectivity index is 1.73. The van der Waals surface area contributed by atoms with Crippen molar-refractivity contribution in [3.05, 3.63) is 57.3 Å². The monoisotopic (exact) mass is 406 g/mol. The topological polar surface area (TPSA) is 87.9 Å². The van der Waals surface area contributed by atoms with E-state index in [1.165, 1.54) is 18.5 Å². The molecule has 2 aromatic carbocycles. The van der Waals surface area contributed by atoms with E-state index in [1.54, 1.807) is 18.2 Å². The smallest absolute Gasteiger partial charge is 0.262 e. The maximum absolute atomic E-state index is 12.1. The summed E-state index contributed by atoms with van der Waals surface area (Å²) in [4.78, 5) is 20.2. The number of anilines is 1. The number of benzene rings is 2. The molecule has 1 amide bonds. The van der Waals surface area contributed by atoms with Crippen molar-refractivity contribution in [2.45, 2.75) is 0 Å². The molecule has 0 saturated heterocycles. The molecule has 3 aromatic rings. The molecular weight excluding hydrogens is 399 g/mol. The summed E-state index contributed by atoms with van der Waals surface area (Å²) in [6.45, 7) is -0.298. The van der Waals surface area contributed by atoms with Gasteiger partial charge in [0, 0.05) is 10.7 Å². The van der Waals surface area contributed by atoms with E-state index in [-0.39, 0.29) is 17.5 Å². The molecule has 6 nitrogen and oxygen atoms in total. The predicted molar refractivity (Wildman–Crippen MR) is 99.8 cm³/mol. The van der Waals surface area contributed by atoms with Crippen LogP contribution in [0.3, 0.4) is 0 Å². The maximum atomic E-state index is 12.1. The zero-order valence-corrected chi connectivity index (χ0v) is 15.2. The average Bonchev–Trinajstić information content (AvgIpc) is 2.60. The number of halogens is 3. The highest BCUT2D eigenvalue weighted by atomic mass is 35.5. The van der Waals surface area contributed by atoms with Gasteiger partial charge in [-0.05, 0) is 30.3 Å². The number of nitrogens with zero attached hydrogens (tertiary/aromatic N) is 3. The van der Waals surface area contributed by atoms with E-state index in [1.807, 2.05) is 6.07 Å². The molecule has 3 rings (SSSR count). The van der Waals surface area contributed by atoms with E-state index >= 15 is 0 Å². The minimum Gasteiger partial charge on any atom is -0.467 e. The van der Waals surface area contributed by atoms with Gasteiger partial charge in [-0.15, -0.1) is 0 Å². The summed E-state index contributed by atoms with van der Waals surface area (Å²) < 4.78 is 5.47. The Labute approximate surface area is 163 Å². The number of nitriles is 1. The normalized spacial score (nSPS) is 10.4. The Morgan fingerprint density at radius 2 is 1.96 bits per heavy atom. The highest BCUT2D eigenvalue weighted by Gasteiger charge is 2.12. The van der Waals surface area contributed by atoms with Crippen molar-refractivity contribution in [1.29, 1.82) is 5.26 Å². The van der Waals surface area contributed by atoms with Crippen molar-refractivity contribution in [3.63, 3.8) is 0 Å². The van der Waals surface area contributed by atoms with Crippen LogP contribution in [0.25, 0.3) is 10.9 Å². The van der Waals surface area contributed by atoms with Gasteiger partial charge < -0.3 is 10.1 Å². The zero-order chi connectivity index (χ0) is 18.7. The van der Waals surface area contributed by atoms with Gasteiger partial charge >= 0.3 is 0 Å². The first-order chi connectivity index (χ1) is 12.5. The van der Waals surface area contributed by atoms with Crippen molar-refractivity contribution in [2.24, 2.45) is 0 Å². The first-order valence-electron chi connectivity index (χ1n) is 7.20. The van der Waals surface area contributed by atoms with Gasteiger partial charge in [-0.25, -0.2) is 9.97 Å². The number of carbonyl (C=O) groups excluding carboxylic acids is 1. The van der Waals surface area contributed by atoms with Gasteiger partial charge in [0.1, 0.15) is 12.4 Å². The Morgan fingerprint density at radius 3 is 2.69 bits per heavy atom. The van der Waals surface area contributed by atoms with Crippen LogP contribution in [0, 0.1) is 11.3 Å². The number of amides is 1. The van der Waals surface area contributed by atoms with Crippen LogP contribution in [0.1, 0.15) is 5.56 Å². The molecule has 0 atom stereocenters. The van der Waals surface area contributed by atoms with Gasteiger partial charge in [-0.3, -0.25) is 4.79 Å². The number of carbonyl (C=O) groups is 1. The van der Waals surface area contributed by atoms with Gasteiger partial charge in [-0.2, -0.15) is 5.26 Å². The molecule has 9 heteroatoms. The van der Waals surface area contributed by atoms with Crippen LogP contribution in [0.4, 0.5) is 5.69 Å². The number of fused-ring (bicyclic) bond motifs is 1. The minimum atomic E-state index is -0.425. The highest BCUT2D eigenvalue weighted by Crippen LogP contribution is 2.30. The van der Waals surface area contributed by atoms with Crippen LogP contribution in [0.15, 0.2) is 36.7 Å². The minimum absolute atomic E-state index is 0.187. The summed E-state index contributed by atoms with van der Waals surface area (Å²) >= 11 is 18.0. The molecule has 1 heterocycles. The lowest BCUT2D eigenvalue weighted by atomic mass is 10.2. The summed E-state index contributed by atoms with van der Waals surface area (Å²) in [6, 6.07) is 9.68. The van der Waals surface area contributed by atoms with Crippen LogP contribution < -0.4 is 10.1 Å². The lowest BCUT2D eigenvalue weighted by molar-refractivity contribution is -0.118. The fourth-order valence-electron chi connectivity index (χ4n) is 2.20. The first-order valence-corrected chi connectivity index (χ1v) is 8.33. The molecule has 1 aromatic heterocycles. The lowest BCUT2D eigenvalue weighted by Gasteiger charge is -2.10. The largest absolute Gasteiger partial charge is 0.467 e. The maximum Gasteiger partial charge on any atom is 0.262 e. The second kappa shape index (κ2) is 7.75. The predicted octanol–water partition coefficient (Wildman–Crippen LogP) is 4.48. The number of hydrogen-bond acceptors (Lipinski definition) is 5. The SMILES string of the molecule is N#Cc1ccc(NC(=O)COc2ncnc3c(Cl)cc(Cl)cc23)cc1Cl. The number of rotatable bonds is 4. The Bertz CT molecular complexity index is 1050. The second-order valence-electron chi connectivity index (χ2n) is 5.11. The molecule has 0 aliphatic heterocycles. The molecule has 0 fully saturated rings. The fourth-order valence-corrected chi connectivity index (χ4v) is 2.96. The lowest BCUT2D eigenvalue weighted by Crippen LogP contribution is -2.20. The fraction of sp³-hybridized carbons (Fsp3) is 0.0588. The number of aromatic nitrogens is 2. The molecule has 0 saturated carbocycles. The standard InChI is InChI=1S/C17H9Cl3N4O2/c18-10-3-12-16(14(20)4-10)22-8-23-17(12)26-7-15(25)24-11-2-1-9(6-21)13(19)5-11/h1-5,8H,7H2,(H,24,25). The molecule has 26 heavy (non-hydrogen) atoms. The Morgan fingerprint density at radius 1 is 1.15 bits per heavy atom. The van der Waals surface area contributed by atoms with Gasteiger partial charge in [0.25, 0.3) is 5.91 Å². The van der Waals surface area contributed by atoms with Crippen molar-refractivity contribution in [2.75, 3.05) is 11.9 Å². The van der Waals surface area contributed by atoms with Gasteiger partial charge in [0.15, 0.2) is 6.61 Å². The average molecular weight is 408 g/mol. The summed E-state index contributed by atoms with van der Waals surface area (Å²) in [7, 11) is 0. The summed E-state index contributed by atoms with van der Waals surface area (Å²) in [5, 5.41) is 13.0. The quantitative estimate of drug-likeness (QED) is 0.689. The third-order valence-electron chi connectivity index (χ3n) is 3.33. The van der Waals surface area contributed by atoms with E-state index in [9.17, 15) is 4.79 Å². The van der Waals surface area contributed by atoms with E-state index in [0.717, 1.165) is 0 Å². The molecule has 130 valence electrons. The van der Waals surface area contributed by atoms with Gasteiger partial charge in [0.05, 0.1) is 26.5 Å². The van der Waals surface area contributed by atoms with Crippen LogP contribution in [-0.2, 0) is 4.79 Å². The molecular formula is C17H9Cl3N4O2. The molecule has 0 radical (unpaired) electrons. The van der Waals surface area contributed by atoms with Crippen LogP contribution >= 0.6 is 34.8 Å². The van der Waals surface area contributed by atoms with Crippen molar-refractivity contribution >= 4 is 57.3 Å². The molecule has 1 N–H and O–H groups in total. The molecule has 0 aliphatic rings. The highest BCUT2D eigenvalue weighted by molar-refractivity contribution is 6.38. The van der Waals surface area contributed by atoms with E-state index in [0.29, 0.717) is 32.2 Å². The number of ether oxygens (including phenoxy) is 1. The van der Waals surface area contributed by atoms with Gasteiger partial charge in [0.2, 0.25) is 5.88 Å². The zero-order valence-electron chi connectivity index (χ0n) is 13.0. The first kappa shape index (κ1) is 18.2. The third kappa shape index (κ3) is 3.97. The van der Waals surface area contributed by atoms with Crippen molar-refractivity contribution in [1.82, 2.24) is 9.97 Å². The Hall–Kier alpha value is -2.59. The number of hydrogen-bond donors (Lipinski definition) is 1. The van der Waals surface area contributed by atoms with Crippen LogP contribution in [0.5, 0.6) is 5.88 Å². The van der Waals surface area contributed by atoms with Gasteiger partial charge in [-0.1, -0.05) is 34.8 Å². The third-order valence-corrected chi connectivity index (χ3v) is 4.15. The Kier molecular flexibility index (Phi) is 5.43. The summed E-state index contributed by atoms with van der Waals surface area (Å²) in [5.74, 6) is -0.238. The van der Waals surface area contributed by atoms with E-state index in [2.05, 4.69) is 15.3 Å². The summed E-state index contributed by atoms with van der Waals surface area (Å²) in [5.41, 5.74) is 1.24. The van der Waals surface area contributed by atoms with Crippen molar-refractivity contribution < 1.29 is 9.53 Å². The second-order valence-corrected chi connectivity index (χ2v) is 6.36. The van der Waals surface area contributed by atoms with Crippen molar-refractivity contribution in [3.8, 4) is 11.9 Å². The van der Waals surface area contributed by atoms with Crippen LogP contribution in [0.2, 0.25) is 15.1 Å². The van der Waals surface area contributed by atoms with E-state index < -0.39 is 5.91 Å². The molecule has 0 unspecified atom stereocenters. The summed E-state index contributed by atoms with van der Waals surface area (Å²) in [6.07, 6.45) is 1.29. The molecule has 0 spiro atoms.